The van der Waals surface area contributed by atoms with E-state index in [-0.39, 0.29) is 11.5 Å². The second-order valence-corrected chi connectivity index (χ2v) is 6.67. The van der Waals surface area contributed by atoms with Gasteiger partial charge in [-0.1, -0.05) is 18.2 Å². The lowest BCUT2D eigenvalue weighted by atomic mass is 10.1. The van der Waals surface area contributed by atoms with Gasteiger partial charge in [-0.3, -0.25) is 4.79 Å². The van der Waals surface area contributed by atoms with Crippen LogP contribution in [0.25, 0.3) is 33.1 Å². The molecule has 0 aliphatic carbocycles. The number of aromatic nitrogens is 2. The first-order chi connectivity index (χ1) is 14.0. The Labute approximate surface area is 165 Å². The molecule has 0 unspecified atom stereocenters. The van der Waals surface area contributed by atoms with Gasteiger partial charge in [0.15, 0.2) is 0 Å². The number of nitrogens with zero attached hydrogens (tertiary/aromatic N) is 1. The van der Waals surface area contributed by atoms with Crippen LogP contribution in [0.3, 0.4) is 0 Å². The van der Waals surface area contributed by atoms with E-state index < -0.39 is 17.9 Å². The maximum atomic E-state index is 13.4. The van der Waals surface area contributed by atoms with Gasteiger partial charge in [0.2, 0.25) is 0 Å². The Kier molecular flexibility index (Phi) is 4.72. The quantitative estimate of drug-likeness (QED) is 0.518. The van der Waals surface area contributed by atoms with Crippen LogP contribution in [-0.4, -0.2) is 35.0 Å². The van der Waals surface area contributed by atoms with E-state index in [1.54, 1.807) is 18.2 Å². The summed E-state index contributed by atoms with van der Waals surface area (Å²) in [6.45, 7) is 1.54. The topological polar surface area (TPSA) is 84.1 Å². The predicted molar refractivity (Wildman–Crippen MR) is 108 cm³/mol. The molecule has 0 saturated heterocycles. The van der Waals surface area contributed by atoms with Crippen LogP contribution >= 0.6 is 0 Å². The maximum Gasteiger partial charge on any atom is 0.328 e. The molecule has 7 heteroatoms. The van der Waals surface area contributed by atoms with Crippen LogP contribution in [0.5, 0.6) is 0 Å². The number of benzene rings is 2. The van der Waals surface area contributed by atoms with E-state index in [2.05, 4.69) is 20.0 Å². The second-order valence-electron chi connectivity index (χ2n) is 6.67. The van der Waals surface area contributed by atoms with Crippen LogP contribution in [0.15, 0.2) is 54.6 Å². The van der Waals surface area contributed by atoms with Crippen molar-refractivity contribution < 1.29 is 18.7 Å². The number of pyridine rings is 1. The number of hydrogen-bond donors (Lipinski definition) is 2. The Morgan fingerprint density at radius 1 is 1.10 bits per heavy atom. The standard InChI is InChI=1S/C22H18FN3O3/c1-12(22(28)29-2)24-21(27)18-11-16-15-5-3-4-6-17(15)25-20(16)19(26-18)13-7-9-14(23)10-8-13/h3-12,25H,1-2H3,(H,24,27)/t12-/m0/s1. The van der Waals surface area contributed by atoms with E-state index in [1.165, 1.54) is 26.2 Å². The second kappa shape index (κ2) is 7.35. The van der Waals surface area contributed by atoms with Crippen LogP contribution in [0, 0.1) is 5.82 Å². The highest BCUT2D eigenvalue weighted by Crippen LogP contribution is 2.32. The fraction of sp³-hybridized carbons (Fsp3) is 0.136. The Morgan fingerprint density at radius 2 is 1.83 bits per heavy atom. The third-order valence-electron chi connectivity index (χ3n) is 4.75. The first-order valence-corrected chi connectivity index (χ1v) is 9.04. The number of ether oxygens (including phenoxy) is 1. The van der Waals surface area contributed by atoms with E-state index in [0.717, 1.165) is 21.8 Å². The Balaban J connectivity index is 1.89. The summed E-state index contributed by atoms with van der Waals surface area (Å²) in [4.78, 5) is 32.3. The maximum absolute atomic E-state index is 13.4. The minimum absolute atomic E-state index is 0.150. The summed E-state index contributed by atoms with van der Waals surface area (Å²) in [6.07, 6.45) is 0. The summed E-state index contributed by atoms with van der Waals surface area (Å²) in [5, 5.41) is 4.34. The minimum atomic E-state index is -0.817. The summed E-state index contributed by atoms with van der Waals surface area (Å²) >= 11 is 0. The average Bonchev–Trinajstić information content (AvgIpc) is 3.11. The van der Waals surface area contributed by atoms with Gasteiger partial charge in [0.1, 0.15) is 17.6 Å². The molecule has 2 heterocycles. The van der Waals surface area contributed by atoms with Gasteiger partial charge in [-0.25, -0.2) is 14.2 Å². The number of H-pyrrole nitrogens is 1. The third-order valence-corrected chi connectivity index (χ3v) is 4.75. The number of fused-ring (bicyclic) bond motifs is 3. The molecule has 2 aromatic heterocycles. The Bertz CT molecular complexity index is 1230. The van der Waals surface area contributed by atoms with E-state index >= 15 is 0 Å². The number of carbonyl (C=O) groups excluding carboxylic acids is 2. The molecule has 1 atom stereocenters. The molecule has 2 aromatic carbocycles. The fourth-order valence-corrected chi connectivity index (χ4v) is 3.28. The molecule has 146 valence electrons. The molecule has 0 aliphatic rings. The molecule has 4 rings (SSSR count). The number of amides is 1. The van der Waals surface area contributed by atoms with Crippen molar-refractivity contribution in [3.05, 3.63) is 66.1 Å². The number of aromatic amines is 1. The predicted octanol–water partition coefficient (Wildman–Crippen LogP) is 3.81. The van der Waals surface area contributed by atoms with Gasteiger partial charge in [-0.2, -0.15) is 0 Å². The Hall–Kier alpha value is -3.74. The molecule has 0 spiro atoms. The number of rotatable bonds is 4. The zero-order valence-electron chi connectivity index (χ0n) is 15.8. The van der Waals surface area contributed by atoms with Gasteiger partial charge in [-0.15, -0.1) is 0 Å². The van der Waals surface area contributed by atoms with Gasteiger partial charge in [0.25, 0.3) is 5.91 Å². The monoisotopic (exact) mass is 391 g/mol. The van der Waals surface area contributed by atoms with Gasteiger partial charge in [0.05, 0.1) is 18.3 Å². The SMILES string of the molecule is COC(=O)[C@H](C)NC(=O)c1cc2c([nH]c3ccccc32)c(-c2ccc(F)cc2)n1. The molecular weight excluding hydrogens is 373 g/mol. The number of esters is 1. The van der Waals surface area contributed by atoms with Gasteiger partial charge in [-0.05, 0) is 43.3 Å². The normalized spacial score (nSPS) is 12.1. The van der Waals surface area contributed by atoms with Crippen LogP contribution in [0.4, 0.5) is 4.39 Å². The summed E-state index contributed by atoms with van der Waals surface area (Å²) in [6, 6.07) is 14.5. The Morgan fingerprint density at radius 3 is 2.55 bits per heavy atom. The van der Waals surface area contributed by atoms with Crippen molar-refractivity contribution in [2.45, 2.75) is 13.0 Å². The first kappa shape index (κ1) is 18.6. The number of carbonyl (C=O) groups is 2. The zero-order chi connectivity index (χ0) is 20.5. The number of nitrogens with one attached hydrogen (secondary N) is 2. The summed E-state index contributed by atoms with van der Waals surface area (Å²) < 4.78 is 18.1. The average molecular weight is 391 g/mol. The number of para-hydroxylation sites is 1. The molecule has 0 saturated carbocycles. The van der Waals surface area contributed by atoms with Crippen LogP contribution < -0.4 is 5.32 Å². The van der Waals surface area contributed by atoms with Crippen molar-refractivity contribution in [2.75, 3.05) is 7.11 Å². The fourth-order valence-electron chi connectivity index (χ4n) is 3.28. The van der Waals surface area contributed by atoms with E-state index in [4.69, 9.17) is 0 Å². The van der Waals surface area contributed by atoms with Gasteiger partial charge < -0.3 is 15.0 Å². The van der Waals surface area contributed by atoms with Crippen molar-refractivity contribution in [1.82, 2.24) is 15.3 Å². The van der Waals surface area contributed by atoms with Crippen LogP contribution in [-0.2, 0) is 9.53 Å². The van der Waals surface area contributed by atoms with Gasteiger partial charge >= 0.3 is 5.97 Å². The lowest BCUT2D eigenvalue weighted by molar-refractivity contribution is -0.142. The molecule has 4 aromatic rings. The molecule has 6 nitrogen and oxygen atoms in total. The molecule has 0 bridgehead atoms. The summed E-state index contributed by atoms with van der Waals surface area (Å²) in [5.74, 6) is -1.41. The molecule has 0 aliphatic heterocycles. The van der Waals surface area contributed by atoms with E-state index in [1.807, 2.05) is 24.3 Å². The number of methoxy groups -OCH3 is 1. The summed E-state index contributed by atoms with van der Waals surface area (Å²) in [5.41, 5.74) is 2.98. The van der Waals surface area contributed by atoms with Crippen LogP contribution in [0.1, 0.15) is 17.4 Å². The van der Waals surface area contributed by atoms with Crippen molar-refractivity contribution in [3.63, 3.8) is 0 Å². The molecule has 0 radical (unpaired) electrons. The van der Waals surface area contributed by atoms with Crippen molar-refractivity contribution in [2.24, 2.45) is 0 Å². The highest BCUT2D eigenvalue weighted by Gasteiger charge is 2.21. The highest BCUT2D eigenvalue weighted by atomic mass is 19.1. The van der Waals surface area contributed by atoms with E-state index in [0.29, 0.717) is 11.3 Å². The smallest absolute Gasteiger partial charge is 0.328 e. The number of hydrogen-bond acceptors (Lipinski definition) is 4. The first-order valence-electron chi connectivity index (χ1n) is 9.04. The van der Waals surface area contributed by atoms with Crippen molar-refractivity contribution >= 4 is 33.7 Å². The highest BCUT2D eigenvalue weighted by molar-refractivity contribution is 6.13. The zero-order valence-corrected chi connectivity index (χ0v) is 15.8. The van der Waals surface area contributed by atoms with Crippen LogP contribution in [0.2, 0.25) is 0 Å². The molecule has 0 fully saturated rings. The van der Waals surface area contributed by atoms with E-state index in [9.17, 15) is 14.0 Å². The molecule has 1 amide bonds. The molecule has 29 heavy (non-hydrogen) atoms. The van der Waals surface area contributed by atoms with Gasteiger partial charge in [0, 0.05) is 21.9 Å². The van der Waals surface area contributed by atoms with Crippen molar-refractivity contribution in [1.29, 1.82) is 0 Å². The minimum Gasteiger partial charge on any atom is -0.467 e. The third kappa shape index (κ3) is 3.42. The lowest BCUT2D eigenvalue weighted by Gasteiger charge is -2.12. The largest absolute Gasteiger partial charge is 0.467 e. The summed E-state index contributed by atoms with van der Waals surface area (Å²) in [7, 11) is 1.26. The lowest BCUT2D eigenvalue weighted by Crippen LogP contribution is -2.39. The van der Waals surface area contributed by atoms with Crippen molar-refractivity contribution in [3.8, 4) is 11.3 Å². The molecule has 2 N–H and O–H groups in total. The molecular formula is C22H18FN3O3. The number of halogens is 1.